The van der Waals surface area contributed by atoms with E-state index in [0.29, 0.717) is 29.3 Å². The monoisotopic (exact) mass is 348 g/mol. The average molecular weight is 349 g/mol. The molecule has 0 spiro atoms. The van der Waals surface area contributed by atoms with E-state index in [9.17, 15) is 9.90 Å². The number of phenolic OH excluding ortho intramolecular Hbond substituents is 1. The lowest BCUT2D eigenvalue weighted by Gasteiger charge is -2.48. The first kappa shape index (κ1) is 13.8. The van der Waals surface area contributed by atoms with Gasteiger partial charge in [-0.25, -0.2) is 0 Å². The molecule has 2 nitrogen and oxygen atoms in total. The van der Waals surface area contributed by atoms with Crippen molar-refractivity contribution in [3.8, 4) is 5.75 Å². The highest BCUT2D eigenvalue weighted by molar-refractivity contribution is 9.10. The molecule has 1 aromatic rings. The summed E-state index contributed by atoms with van der Waals surface area (Å²) in [6.45, 7) is 2.21. The van der Waals surface area contributed by atoms with E-state index in [1.165, 1.54) is 11.1 Å². The van der Waals surface area contributed by atoms with E-state index >= 15 is 0 Å². The number of phenols is 1. The number of aromatic hydroxyl groups is 1. The number of carbonyl (C=O) groups excluding carboxylic acids is 1. The van der Waals surface area contributed by atoms with Crippen LogP contribution < -0.4 is 0 Å². The number of ketones is 1. The molecule has 112 valence electrons. The molecule has 21 heavy (non-hydrogen) atoms. The molecule has 0 radical (unpaired) electrons. The lowest BCUT2D eigenvalue weighted by Crippen LogP contribution is -2.42. The average Bonchev–Trinajstić information content (AvgIpc) is 2.78. The van der Waals surface area contributed by atoms with Crippen molar-refractivity contribution in [2.75, 3.05) is 0 Å². The lowest BCUT2D eigenvalue weighted by molar-refractivity contribution is -0.129. The van der Waals surface area contributed by atoms with E-state index < -0.39 is 0 Å². The standard InChI is InChI=1S/C18H21BrO2/c1-18-9-8-11-10-4-6-15(20)17(19)13(10)3-2-12(11)14(18)5-7-16(18)21/h4,6,11-12,14,20H,2-3,5,7-9H2,1H3/t11-,12-,14-,18+/m1/s1. The minimum absolute atomic E-state index is 0.0488. The maximum atomic E-state index is 12.3. The molecular formula is C18H21BrO2. The summed E-state index contributed by atoms with van der Waals surface area (Å²) in [5.41, 5.74) is 2.66. The van der Waals surface area contributed by atoms with Crippen molar-refractivity contribution in [2.45, 2.75) is 51.4 Å². The Hall–Kier alpha value is -0.830. The topological polar surface area (TPSA) is 37.3 Å². The number of fused-ring (bicyclic) bond motifs is 5. The van der Waals surface area contributed by atoms with Gasteiger partial charge in [0.15, 0.2) is 0 Å². The third-order valence-electron chi connectivity index (χ3n) is 6.53. The Kier molecular flexibility index (Phi) is 3.01. The number of hydrogen-bond donors (Lipinski definition) is 1. The van der Waals surface area contributed by atoms with Gasteiger partial charge in [-0.15, -0.1) is 0 Å². The third-order valence-corrected chi connectivity index (χ3v) is 7.42. The van der Waals surface area contributed by atoms with Gasteiger partial charge in [-0.3, -0.25) is 4.79 Å². The fourth-order valence-corrected chi connectivity index (χ4v) is 5.94. The molecule has 0 saturated heterocycles. The van der Waals surface area contributed by atoms with Gasteiger partial charge in [0.25, 0.3) is 0 Å². The number of benzene rings is 1. The quantitative estimate of drug-likeness (QED) is 0.744. The molecule has 2 saturated carbocycles. The van der Waals surface area contributed by atoms with E-state index in [1.54, 1.807) is 0 Å². The van der Waals surface area contributed by atoms with Crippen LogP contribution in [0.4, 0.5) is 0 Å². The number of carbonyl (C=O) groups is 1. The fraction of sp³-hybridized carbons (Fsp3) is 0.611. The molecule has 2 fully saturated rings. The molecule has 3 heteroatoms. The normalized spacial score (nSPS) is 37.8. The first-order valence-corrected chi connectivity index (χ1v) is 8.85. The highest BCUT2D eigenvalue weighted by Gasteiger charge is 2.54. The van der Waals surface area contributed by atoms with Gasteiger partial charge in [-0.05, 0) is 83.0 Å². The van der Waals surface area contributed by atoms with Crippen LogP contribution in [0.3, 0.4) is 0 Å². The molecule has 0 aromatic heterocycles. The van der Waals surface area contributed by atoms with Gasteiger partial charge in [0.1, 0.15) is 11.5 Å². The zero-order valence-corrected chi connectivity index (χ0v) is 13.9. The molecular weight excluding hydrogens is 328 g/mol. The maximum Gasteiger partial charge on any atom is 0.139 e. The van der Waals surface area contributed by atoms with Crippen molar-refractivity contribution in [2.24, 2.45) is 17.3 Å². The Balaban J connectivity index is 1.75. The predicted molar refractivity (Wildman–Crippen MR) is 85.4 cm³/mol. The van der Waals surface area contributed by atoms with Crippen molar-refractivity contribution in [3.63, 3.8) is 0 Å². The second kappa shape index (κ2) is 4.58. The van der Waals surface area contributed by atoms with Crippen LogP contribution in [0.25, 0.3) is 0 Å². The minimum Gasteiger partial charge on any atom is -0.507 e. The lowest BCUT2D eigenvalue weighted by atomic mass is 9.55. The largest absolute Gasteiger partial charge is 0.507 e. The summed E-state index contributed by atoms with van der Waals surface area (Å²) in [6.07, 6.45) is 6.21. The molecule has 4 rings (SSSR count). The second-order valence-electron chi connectivity index (χ2n) is 7.30. The third kappa shape index (κ3) is 1.79. The van der Waals surface area contributed by atoms with Gasteiger partial charge in [0.2, 0.25) is 0 Å². The second-order valence-corrected chi connectivity index (χ2v) is 8.09. The highest BCUT2D eigenvalue weighted by Crippen LogP contribution is 2.60. The molecule has 3 aliphatic rings. The summed E-state index contributed by atoms with van der Waals surface area (Å²) < 4.78 is 0.884. The fourth-order valence-electron chi connectivity index (χ4n) is 5.38. The summed E-state index contributed by atoms with van der Waals surface area (Å²) in [5.74, 6) is 2.66. The van der Waals surface area contributed by atoms with Crippen LogP contribution in [-0.4, -0.2) is 10.9 Å². The van der Waals surface area contributed by atoms with Crippen LogP contribution in [0, 0.1) is 17.3 Å². The van der Waals surface area contributed by atoms with Gasteiger partial charge in [-0.2, -0.15) is 0 Å². The van der Waals surface area contributed by atoms with Crippen molar-refractivity contribution in [1.82, 2.24) is 0 Å². The molecule has 4 atom stereocenters. The van der Waals surface area contributed by atoms with E-state index in [1.807, 2.05) is 6.07 Å². The molecule has 0 unspecified atom stereocenters. The molecule has 0 bridgehead atoms. The first-order valence-electron chi connectivity index (χ1n) is 8.06. The Morgan fingerprint density at radius 3 is 2.86 bits per heavy atom. The summed E-state index contributed by atoms with van der Waals surface area (Å²) in [4.78, 5) is 12.3. The minimum atomic E-state index is -0.0488. The summed E-state index contributed by atoms with van der Waals surface area (Å²) in [5, 5.41) is 9.91. The Morgan fingerprint density at radius 2 is 2.05 bits per heavy atom. The molecule has 0 aliphatic heterocycles. The van der Waals surface area contributed by atoms with Crippen LogP contribution in [-0.2, 0) is 11.2 Å². The Bertz CT molecular complexity index is 624. The van der Waals surface area contributed by atoms with E-state index in [4.69, 9.17) is 0 Å². The molecule has 1 aromatic carbocycles. The van der Waals surface area contributed by atoms with E-state index in [2.05, 4.69) is 28.9 Å². The van der Waals surface area contributed by atoms with E-state index in [-0.39, 0.29) is 5.41 Å². The molecule has 0 heterocycles. The van der Waals surface area contributed by atoms with Gasteiger partial charge in [0, 0.05) is 11.8 Å². The zero-order valence-electron chi connectivity index (χ0n) is 12.4. The highest BCUT2D eigenvalue weighted by atomic mass is 79.9. The zero-order chi connectivity index (χ0) is 14.8. The number of Topliss-reactive ketones (excluding diaryl/α,β-unsaturated/α-hetero) is 1. The smallest absolute Gasteiger partial charge is 0.139 e. The van der Waals surface area contributed by atoms with Crippen molar-refractivity contribution in [1.29, 1.82) is 0 Å². The van der Waals surface area contributed by atoms with Gasteiger partial charge in [-0.1, -0.05) is 13.0 Å². The van der Waals surface area contributed by atoms with Crippen LogP contribution >= 0.6 is 15.9 Å². The van der Waals surface area contributed by atoms with Crippen LogP contribution in [0.1, 0.15) is 56.1 Å². The maximum absolute atomic E-state index is 12.3. The van der Waals surface area contributed by atoms with Crippen LogP contribution in [0.15, 0.2) is 16.6 Å². The SMILES string of the molecule is C[C@]12CC[C@@H]3c4ccc(O)c(Br)c4CC[C@H]3[C@H]1CCC2=O. The number of rotatable bonds is 0. The van der Waals surface area contributed by atoms with Gasteiger partial charge in [0.05, 0.1) is 4.47 Å². The van der Waals surface area contributed by atoms with Crippen molar-refractivity contribution < 1.29 is 9.90 Å². The summed E-state index contributed by atoms with van der Waals surface area (Å²) in [7, 11) is 0. The Labute approximate surface area is 134 Å². The molecule has 3 aliphatic carbocycles. The first-order chi connectivity index (χ1) is 10.0. The van der Waals surface area contributed by atoms with Crippen LogP contribution in [0.2, 0.25) is 0 Å². The molecule has 0 amide bonds. The van der Waals surface area contributed by atoms with Gasteiger partial charge >= 0.3 is 0 Å². The molecule has 1 N–H and O–H groups in total. The number of halogens is 1. The van der Waals surface area contributed by atoms with Gasteiger partial charge < -0.3 is 5.11 Å². The van der Waals surface area contributed by atoms with Crippen molar-refractivity contribution >= 4 is 21.7 Å². The summed E-state index contributed by atoms with van der Waals surface area (Å²) in [6, 6.07) is 3.94. The van der Waals surface area contributed by atoms with Crippen molar-refractivity contribution in [3.05, 3.63) is 27.7 Å². The van der Waals surface area contributed by atoms with Crippen LogP contribution in [0.5, 0.6) is 5.75 Å². The number of hydrogen-bond acceptors (Lipinski definition) is 2. The van der Waals surface area contributed by atoms with E-state index in [0.717, 1.165) is 43.0 Å². The summed E-state index contributed by atoms with van der Waals surface area (Å²) >= 11 is 3.55. The Morgan fingerprint density at radius 1 is 1.24 bits per heavy atom. The predicted octanol–water partition coefficient (Wildman–Crippen LogP) is 4.58.